The van der Waals surface area contributed by atoms with E-state index in [0.29, 0.717) is 0 Å². The van der Waals surface area contributed by atoms with Crippen LogP contribution in [0.3, 0.4) is 0 Å². The van der Waals surface area contributed by atoms with Gasteiger partial charge < -0.3 is 14.8 Å². The summed E-state index contributed by atoms with van der Waals surface area (Å²) in [6.07, 6.45) is -2.13. The van der Waals surface area contributed by atoms with Gasteiger partial charge >= 0.3 is 12.3 Å². The number of amides is 1. The standard InChI is InChI=1S/C15H14F3N3O4/c1-21-8-11(7-20-21)14(23)24-9-13(22)19-6-10-4-2-3-5-12(10)25-15(16,17)18/h2-5,7-8H,6,9H2,1H3,(H,19,22). The number of aromatic nitrogens is 2. The van der Waals surface area contributed by atoms with E-state index in [1.165, 1.54) is 35.3 Å². The fourth-order valence-corrected chi connectivity index (χ4v) is 1.86. The zero-order valence-corrected chi connectivity index (χ0v) is 13.0. The predicted octanol–water partition coefficient (Wildman–Crippen LogP) is 1.79. The molecule has 10 heteroatoms. The summed E-state index contributed by atoms with van der Waals surface area (Å²) >= 11 is 0. The van der Waals surface area contributed by atoms with E-state index in [1.54, 1.807) is 7.05 Å². The lowest BCUT2D eigenvalue weighted by Crippen LogP contribution is -2.29. The molecule has 1 aromatic carbocycles. The maximum Gasteiger partial charge on any atom is 0.573 e. The van der Waals surface area contributed by atoms with E-state index in [4.69, 9.17) is 4.74 Å². The lowest BCUT2D eigenvalue weighted by Gasteiger charge is -2.13. The second-order valence-corrected chi connectivity index (χ2v) is 4.91. The number of esters is 1. The molecule has 7 nitrogen and oxygen atoms in total. The summed E-state index contributed by atoms with van der Waals surface area (Å²) in [4.78, 5) is 23.3. The van der Waals surface area contributed by atoms with E-state index in [1.807, 2.05) is 0 Å². The van der Waals surface area contributed by atoms with Crippen molar-refractivity contribution >= 4 is 11.9 Å². The van der Waals surface area contributed by atoms with Crippen LogP contribution in [0.25, 0.3) is 0 Å². The molecule has 1 N–H and O–H groups in total. The molecular formula is C15H14F3N3O4. The molecule has 2 aromatic rings. The van der Waals surface area contributed by atoms with Crippen molar-refractivity contribution < 1.29 is 32.2 Å². The van der Waals surface area contributed by atoms with Crippen LogP contribution < -0.4 is 10.1 Å². The molecule has 0 aliphatic rings. The minimum atomic E-state index is -4.83. The molecule has 0 atom stereocenters. The molecule has 0 radical (unpaired) electrons. The van der Waals surface area contributed by atoms with E-state index >= 15 is 0 Å². The number of rotatable bonds is 6. The number of benzene rings is 1. The molecule has 0 saturated heterocycles. The van der Waals surface area contributed by atoms with Crippen LogP contribution in [0, 0.1) is 0 Å². The van der Waals surface area contributed by atoms with Gasteiger partial charge in [-0.15, -0.1) is 13.2 Å². The second-order valence-electron chi connectivity index (χ2n) is 4.91. The second kappa shape index (κ2) is 7.69. The number of halogens is 3. The monoisotopic (exact) mass is 357 g/mol. The van der Waals surface area contributed by atoms with Crippen LogP contribution >= 0.6 is 0 Å². The van der Waals surface area contributed by atoms with Crippen molar-refractivity contribution in [1.82, 2.24) is 15.1 Å². The van der Waals surface area contributed by atoms with Crippen molar-refractivity contribution in [1.29, 1.82) is 0 Å². The third-order valence-corrected chi connectivity index (χ3v) is 2.95. The summed E-state index contributed by atoms with van der Waals surface area (Å²) in [6, 6.07) is 5.40. The number of hydrogen-bond acceptors (Lipinski definition) is 5. The number of carbonyl (C=O) groups excluding carboxylic acids is 2. The maximum absolute atomic E-state index is 12.3. The third-order valence-electron chi connectivity index (χ3n) is 2.95. The zero-order valence-electron chi connectivity index (χ0n) is 13.0. The van der Waals surface area contributed by atoms with Gasteiger partial charge in [0.2, 0.25) is 0 Å². The fourth-order valence-electron chi connectivity index (χ4n) is 1.86. The molecule has 0 bridgehead atoms. The Morgan fingerprint density at radius 3 is 2.64 bits per heavy atom. The molecule has 1 amide bonds. The molecule has 0 fully saturated rings. The fraction of sp³-hybridized carbons (Fsp3) is 0.267. The number of hydrogen-bond donors (Lipinski definition) is 1. The topological polar surface area (TPSA) is 82.5 Å². The predicted molar refractivity (Wildman–Crippen MR) is 78.5 cm³/mol. The van der Waals surface area contributed by atoms with Crippen molar-refractivity contribution in [2.45, 2.75) is 12.9 Å². The Balaban J connectivity index is 1.85. The van der Waals surface area contributed by atoms with Gasteiger partial charge in [-0.05, 0) is 6.07 Å². The Kier molecular flexibility index (Phi) is 5.63. The Bertz CT molecular complexity index is 758. The van der Waals surface area contributed by atoms with E-state index in [2.05, 4.69) is 15.2 Å². The zero-order chi connectivity index (χ0) is 18.4. The van der Waals surface area contributed by atoms with Gasteiger partial charge in [-0.2, -0.15) is 5.10 Å². The van der Waals surface area contributed by atoms with Gasteiger partial charge in [0.05, 0.1) is 11.8 Å². The first-order valence-corrected chi connectivity index (χ1v) is 7.01. The Hall–Kier alpha value is -3.04. The molecule has 1 heterocycles. The number of nitrogens with zero attached hydrogens (tertiary/aromatic N) is 2. The highest BCUT2D eigenvalue weighted by Crippen LogP contribution is 2.25. The highest BCUT2D eigenvalue weighted by atomic mass is 19.4. The van der Waals surface area contributed by atoms with Gasteiger partial charge in [0.25, 0.3) is 5.91 Å². The van der Waals surface area contributed by atoms with Crippen molar-refractivity contribution in [2.24, 2.45) is 7.05 Å². The normalized spacial score (nSPS) is 11.0. The first kappa shape index (κ1) is 18.3. The number of para-hydroxylation sites is 1. The quantitative estimate of drug-likeness (QED) is 0.797. The van der Waals surface area contributed by atoms with Crippen LogP contribution in [0.1, 0.15) is 15.9 Å². The highest BCUT2D eigenvalue weighted by Gasteiger charge is 2.32. The Morgan fingerprint density at radius 1 is 1.28 bits per heavy atom. The first-order chi connectivity index (χ1) is 11.7. The highest BCUT2D eigenvalue weighted by molar-refractivity contribution is 5.90. The van der Waals surface area contributed by atoms with Gasteiger partial charge in [-0.1, -0.05) is 18.2 Å². The van der Waals surface area contributed by atoms with Gasteiger partial charge in [0.1, 0.15) is 5.75 Å². The summed E-state index contributed by atoms with van der Waals surface area (Å²) in [7, 11) is 1.62. The van der Waals surface area contributed by atoms with Crippen LogP contribution in [-0.4, -0.2) is 34.6 Å². The van der Waals surface area contributed by atoms with E-state index in [9.17, 15) is 22.8 Å². The molecule has 0 saturated carbocycles. The van der Waals surface area contributed by atoms with Crippen LogP contribution in [0.15, 0.2) is 36.7 Å². The molecule has 1 aromatic heterocycles. The van der Waals surface area contributed by atoms with Crippen LogP contribution in [0.4, 0.5) is 13.2 Å². The van der Waals surface area contributed by atoms with Gasteiger partial charge in [0.15, 0.2) is 6.61 Å². The molecule has 0 aliphatic carbocycles. The van der Waals surface area contributed by atoms with Crippen LogP contribution in [0.5, 0.6) is 5.75 Å². The largest absolute Gasteiger partial charge is 0.573 e. The van der Waals surface area contributed by atoms with Crippen LogP contribution in [-0.2, 0) is 23.1 Å². The summed E-state index contributed by atoms with van der Waals surface area (Å²) < 4.78 is 47.0. The van der Waals surface area contributed by atoms with E-state index in [-0.39, 0.29) is 17.7 Å². The number of nitrogens with one attached hydrogen (secondary N) is 1. The molecule has 2 rings (SSSR count). The van der Waals surface area contributed by atoms with E-state index in [0.717, 1.165) is 6.07 Å². The Morgan fingerprint density at radius 2 is 2.00 bits per heavy atom. The molecule has 134 valence electrons. The lowest BCUT2D eigenvalue weighted by atomic mass is 10.2. The van der Waals surface area contributed by atoms with Gasteiger partial charge in [-0.3, -0.25) is 9.48 Å². The SMILES string of the molecule is Cn1cc(C(=O)OCC(=O)NCc2ccccc2OC(F)(F)F)cn1. The van der Waals surface area contributed by atoms with Gasteiger partial charge in [-0.25, -0.2) is 4.79 Å². The van der Waals surface area contributed by atoms with Crippen molar-refractivity contribution in [2.75, 3.05) is 6.61 Å². The average Bonchev–Trinajstić information content (AvgIpc) is 2.97. The molecule has 25 heavy (non-hydrogen) atoms. The number of carbonyl (C=O) groups is 2. The third kappa shape index (κ3) is 5.83. The van der Waals surface area contributed by atoms with Crippen molar-refractivity contribution in [3.05, 3.63) is 47.8 Å². The van der Waals surface area contributed by atoms with Crippen molar-refractivity contribution in [3.8, 4) is 5.75 Å². The smallest absolute Gasteiger partial charge is 0.452 e. The number of alkyl halides is 3. The Labute approximate surface area is 140 Å². The molecule has 0 spiro atoms. The number of aryl methyl sites for hydroxylation is 1. The van der Waals surface area contributed by atoms with E-state index < -0.39 is 30.6 Å². The first-order valence-electron chi connectivity index (χ1n) is 7.01. The maximum atomic E-state index is 12.3. The lowest BCUT2D eigenvalue weighted by molar-refractivity contribution is -0.274. The van der Waals surface area contributed by atoms with Crippen molar-refractivity contribution in [3.63, 3.8) is 0 Å². The minimum Gasteiger partial charge on any atom is -0.452 e. The molecule has 0 unspecified atom stereocenters. The summed E-state index contributed by atoms with van der Waals surface area (Å²) in [5.41, 5.74) is 0.311. The molecular weight excluding hydrogens is 343 g/mol. The molecule has 0 aliphatic heterocycles. The minimum absolute atomic E-state index is 0.131. The average molecular weight is 357 g/mol. The summed E-state index contributed by atoms with van der Waals surface area (Å²) in [6.45, 7) is -0.786. The van der Waals surface area contributed by atoms with Gasteiger partial charge in [0, 0.05) is 25.4 Å². The number of ether oxygens (including phenoxy) is 2. The summed E-state index contributed by atoms with van der Waals surface area (Å²) in [5.74, 6) is -1.81. The summed E-state index contributed by atoms with van der Waals surface area (Å²) in [5, 5.41) is 6.14. The van der Waals surface area contributed by atoms with Crippen LogP contribution in [0.2, 0.25) is 0 Å².